The van der Waals surface area contributed by atoms with Crippen molar-refractivity contribution in [3.8, 4) is 11.5 Å². The van der Waals surface area contributed by atoms with Gasteiger partial charge < -0.3 is 9.47 Å². The monoisotopic (exact) mass is 234 g/mol. The molecule has 16 heavy (non-hydrogen) atoms. The van der Waals surface area contributed by atoms with Crippen LogP contribution in [0.3, 0.4) is 0 Å². The van der Waals surface area contributed by atoms with E-state index in [1.165, 1.54) is 10.3 Å². The molecule has 3 heteroatoms. The summed E-state index contributed by atoms with van der Waals surface area (Å²) in [6.07, 6.45) is 2.07. The Morgan fingerprint density at radius 2 is 1.50 bits per heavy atom. The molecule has 0 radical (unpaired) electrons. The van der Waals surface area contributed by atoms with Crippen molar-refractivity contribution < 1.29 is 9.47 Å². The lowest BCUT2D eigenvalue weighted by molar-refractivity contribution is 0.356. The third kappa shape index (κ3) is 1.95. The standard InChI is InChI=1S/C13H14O2S/c1-14-12-7-9-4-5-11(16-3)6-10(9)8-13(12)15-2/h4-8H,1-3H3. The second kappa shape index (κ2) is 4.66. The van der Waals surface area contributed by atoms with Gasteiger partial charge in [-0.2, -0.15) is 0 Å². The predicted octanol–water partition coefficient (Wildman–Crippen LogP) is 3.58. The van der Waals surface area contributed by atoms with Gasteiger partial charge in [0.15, 0.2) is 11.5 Å². The van der Waals surface area contributed by atoms with Crippen molar-refractivity contribution in [1.29, 1.82) is 0 Å². The molecule has 0 bridgehead atoms. The Balaban J connectivity index is 2.63. The summed E-state index contributed by atoms with van der Waals surface area (Å²) in [6.45, 7) is 0. The van der Waals surface area contributed by atoms with Crippen molar-refractivity contribution in [3.05, 3.63) is 30.3 Å². The van der Waals surface area contributed by atoms with Crippen LogP contribution in [0.25, 0.3) is 10.8 Å². The number of methoxy groups -OCH3 is 2. The highest BCUT2D eigenvalue weighted by atomic mass is 32.2. The van der Waals surface area contributed by atoms with Gasteiger partial charge >= 0.3 is 0 Å². The smallest absolute Gasteiger partial charge is 0.161 e. The van der Waals surface area contributed by atoms with Gasteiger partial charge in [0.05, 0.1) is 14.2 Å². The highest BCUT2D eigenvalue weighted by Gasteiger charge is 2.05. The maximum Gasteiger partial charge on any atom is 0.161 e. The van der Waals surface area contributed by atoms with Crippen LogP contribution >= 0.6 is 11.8 Å². The Kier molecular flexibility index (Phi) is 3.25. The molecule has 0 fully saturated rings. The number of fused-ring (bicyclic) bond motifs is 1. The zero-order valence-electron chi connectivity index (χ0n) is 9.61. The van der Waals surface area contributed by atoms with Gasteiger partial charge in [-0.15, -0.1) is 11.8 Å². The molecule has 2 nitrogen and oxygen atoms in total. The van der Waals surface area contributed by atoms with Crippen molar-refractivity contribution in [2.45, 2.75) is 4.90 Å². The summed E-state index contributed by atoms with van der Waals surface area (Å²) in [5, 5.41) is 2.33. The molecule has 0 heterocycles. The molecule has 2 aromatic carbocycles. The Hall–Kier alpha value is -1.35. The average Bonchev–Trinajstić information content (AvgIpc) is 2.36. The molecule has 2 rings (SSSR count). The van der Waals surface area contributed by atoms with E-state index in [9.17, 15) is 0 Å². The molecule has 0 atom stereocenters. The fourth-order valence-corrected chi connectivity index (χ4v) is 2.13. The van der Waals surface area contributed by atoms with Crippen LogP contribution in [-0.2, 0) is 0 Å². The van der Waals surface area contributed by atoms with Gasteiger partial charge in [-0.1, -0.05) is 6.07 Å². The van der Waals surface area contributed by atoms with Crippen molar-refractivity contribution in [1.82, 2.24) is 0 Å². The minimum atomic E-state index is 0.770. The zero-order chi connectivity index (χ0) is 11.5. The molecular weight excluding hydrogens is 220 g/mol. The van der Waals surface area contributed by atoms with Crippen LogP contribution in [0.2, 0.25) is 0 Å². The van der Waals surface area contributed by atoms with Crippen LogP contribution in [0.1, 0.15) is 0 Å². The van der Waals surface area contributed by atoms with Crippen LogP contribution in [0.4, 0.5) is 0 Å². The predicted molar refractivity (Wildman–Crippen MR) is 68.8 cm³/mol. The van der Waals surface area contributed by atoms with Crippen molar-refractivity contribution in [2.24, 2.45) is 0 Å². The maximum atomic E-state index is 5.29. The second-order valence-electron chi connectivity index (χ2n) is 3.42. The number of benzene rings is 2. The lowest BCUT2D eigenvalue weighted by atomic mass is 10.1. The molecule has 0 N–H and O–H groups in total. The molecular formula is C13H14O2S. The molecule has 2 aromatic rings. The van der Waals surface area contributed by atoms with Gasteiger partial charge in [-0.3, -0.25) is 0 Å². The van der Waals surface area contributed by atoms with E-state index in [-0.39, 0.29) is 0 Å². The molecule has 0 amide bonds. The lowest BCUT2D eigenvalue weighted by Crippen LogP contribution is -1.90. The molecule has 0 saturated heterocycles. The molecule has 0 aliphatic carbocycles. The molecule has 0 saturated carbocycles. The SMILES string of the molecule is COc1cc2ccc(SC)cc2cc1OC. The van der Waals surface area contributed by atoms with E-state index in [1.54, 1.807) is 26.0 Å². The fourth-order valence-electron chi connectivity index (χ4n) is 1.68. The van der Waals surface area contributed by atoms with Crippen molar-refractivity contribution in [2.75, 3.05) is 20.5 Å². The third-order valence-corrected chi connectivity index (χ3v) is 3.28. The van der Waals surface area contributed by atoms with Crippen LogP contribution < -0.4 is 9.47 Å². The second-order valence-corrected chi connectivity index (χ2v) is 4.30. The van der Waals surface area contributed by atoms with Crippen LogP contribution in [0.5, 0.6) is 11.5 Å². The third-order valence-electron chi connectivity index (χ3n) is 2.55. The zero-order valence-corrected chi connectivity index (χ0v) is 10.4. The number of thioether (sulfide) groups is 1. The fraction of sp³-hybridized carbons (Fsp3) is 0.231. The van der Waals surface area contributed by atoms with Gasteiger partial charge in [0, 0.05) is 4.90 Å². The topological polar surface area (TPSA) is 18.5 Å². The highest BCUT2D eigenvalue weighted by Crippen LogP contribution is 2.33. The van der Waals surface area contributed by atoms with E-state index in [2.05, 4.69) is 24.5 Å². The Morgan fingerprint density at radius 1 is 0.875 bits per heavy atom. The van der Waals surface area contributed by atoms with E-state index in [4.69, 9.17) is 9.47 Å². The summed E-state index contributed by atoms with van der Waals surface area (Å²) >= 11 is 1.73. The Labute approximate surface area is 99.6 Å². The maximum absolute atomic E-state index is 5.29. The first-order chi connectivity index (χ1) is 7.78. The first kappa shape index (κ1) is 11.1. The Bertz CT molecular complexity index is 509. The van der Waals surface area contributed by atoms with E-state index >= 15 is 0 Å². The van der Waals surface area contributed by atoms with E-state index < -0.39 is 0 Å². The summed E-state index contributed by atoms with van der Waals surface area (Å²) < 4.78 is 10.6. The van der Waals surface area contributed by atoms with Crippen LogP contribution in [-0.4, -0.2) is 20.5 Å². The number of hydrogen-bond donors (Lipinski definition) is 0. The number of ether oxygens (including phenoxy) is 2. The van der Waals surface area contributed by atoms with Crippen molar-refractivity contribution in [3.63, 3.8) is 0 Å². The molecule has 84 valence electrons. The minimum absolute atomic E-state index is 0.770. The molecule has 0 aliphatic rings. The van der Waals surface area contributed by atoms with Gasteiger partial charge in [0.25, 0.3) is 0 Å². The quantitative estimate of drug-likeness (QED) is 0.756. The van der Waals surface area contributed by atoms with E-state index in [0.29, 0.717) is 0 Å². The minimum Gasteiger partial charge on any atom is -0.493 e. The molecule has 0 aliphatic heterocycles. The van der Waals surface area contributed by atoms with Gasteiger partial charge in [0.2, 0.25) is 0 Å². The first-order valence-corrected chi connectivity index (χ1v) is 6.20. The summed E-state index contributed by atoms with van der Waals surface area (Å²) in [7, 11) is 3.31. The first-order valence-electron chi connectivity index (χ1n) is 4.98. The molecule has 0 aromatic heterocycles. The van der Waals surface area contributed by atoms with Crippen LogP contribution in [0.15, 0.2) is 35.2 Å². The van der Waals surface area contributed by atoms with Gasteiger partial charge in [-0.25, -0.2) is 0 Å². The van der Waals surface area contributed by atoms with E-state index in [1.807, 2.05) is 12.1 Å². The largest absolute Gasteiger partial charge is 0.493 e. The van der Waals surface area contributed by atoms with Crippen LogP contribution in [0, 0.1) is 0 Å². The highest BCUT2D eigenvalue weighted by molar-refractivity contribution is 7.98. The number of hydrogen-bond acceptors (Lipinski definition) is 3. The summed E-state index contributed by atoms with van der Waals surface area (Å²) in [6, 6.07) is 10.4. The van der Waals surface area contributed by atoms with Gasteiger partial charge in [0.1, 0.15) is 0 Å². The average molecular weight is 234 g/mol. The summed E-state index contributed by atoms with van der Waals surface area (Å²) in [4.78, 5) is 1.25. The summed E-state index contributed by atoms with van der Waals surface area (Å²) in [5.41, 5.74) is 0. The lowest BCUT2D eigenvalue weighted by Gasteiger charge is -2.09. The molecule has 0 unspecified atom stereocenters. The molecule has 0 spiro atoms. The summed E-state index contributed by atoms with van der Waals surface area (Å²) in [5.74, 6) is 1.54. The van der Waals surface area contributed by atoms with E-state index in [0.717, 1.165) is 16.9 Å². The van der Waals surface area contributed by atoms with Gasteiger partial charge in [-0.05, 0) is 41.3 Å². The van der Waals surface area contributed by atoms with Crippen molar-refractivity contribution >= 4 is 22.5 Å². The normalized spacial score (nSPS) is 10.4. The number of rotatable bonds is 3. The Morgan fingerprint density at radius 3 is 2.06 bits per heavy atom.